The Morgan fingerprint density at radius 1 is 0.450 bits per heavy atom. The average Bonchev–Trinajstić information content (AvgIpc) is 1.41. The summed E-state index contributed by atoms with van der Waals surface area (Å²) >= 11 is 0. The predicted molar refractivity (Wildman–Crippen MR) is 26.4 cm³/mol. The van der Waals surface area contributed by atoms with Crippen molar-refractivity contribution in [2.24, 2.45) is 0 Å². The van der Waals surface area contributed by atoms with E-state index in [0.717, 1.165) is 0 Å². The van der Waals surface area contributed by atoms with Gasteiger partial charge in [0.25, 0.3) is 0 Å². The number of hydrogen-bond donors (Lipinski definition) is 0. The first kappa shape index (κ1) is 49.5. The Bertz CT molecular complexity index is 212. The molecule has 13 nitrogen and oxygen atoms in total. The number of phosphoric acid groups is 3. The van der Waals surface area contributed by atoms with Gasteiger partial charge in [0.2, 0.25) is 0 Å². The summed E-state index contributed by atoms with van der Waals surface area (Å²) in [6, 6.07) is 0. The van der Waals surface area contributed by atoms with Crippen LogP contribution in [0.15, 0.2) is 0 Å². The van der Waals surface area contributed by atoms with Crippen molar-refractivity contribution in [3.63, 3.8) is 0 Å². The molecule has 0 amide bonds. The maximum Gasteiger partial charge on any atom is 3.00 e. The Hall–Kier alpha value is 2.37. The summed E-state index contributed by atoms with van der Waals surface area (Å²) in [7, 11) is -16.2. The van der Waals surface area contributed by atoms with Crippen LogP contribution in [0.5, 0.6) is 0 Å². The fraction of sp³-hybridized carbons (Fsp3) is 0. The quantitative estimate of drug-likeness (QED) is 0.210. The maximum atomic E-state index is 8.55. The first-order chi connectivity index (χ1) is 6.00. The third-order valence-corrected chi connectivity index (χ3v) is 0. The van der Waals surface area contributed by atoms with Crippen LogP contribution in [0, 0.1) is 0 Å². The Balaban J connectivity index is -0.0000000160. The van der Waals surface area contributed by atoms with Crippen molar-refractivity contribution >= 4 is 23.5 Å². The summed E-state index contributed by atoms with van der Waals surface area (Å²) in [5.74, 6) is 0. The molecular formula is H2Fe4O13P3. The van der Waals surface area contributed by atoms with E-state index in [-0.39, 0.29) is 73.8 Å². The van der Waals surface area contributed by atoms with Crippen LogP contribution in [0.3, 0.4) is 0 Å². The molecule has 20 heteroatoms. The van der Waals surface area contributed by atoms with Crippen LogP contribution in [-0.2, 0) is 82.0 Å². The van der Waals surface area contributed by atoms with Gasteiger partial charge in [-0.05, 0) is 0 Å². The molecule has 0 spiro atoms. The van der Waals surface area contributed by atoms with E-state index >= 15 is 0 Å². The molecule has 0 unspecified atom stereocenters. The first-order valence-electron chi connectivity index (χ1n) is 2.19. The van der Waals surface area contributed by atoms with E-state index in [1.165, 1.54) is 0 Å². The Labute approximate surface area is 154 Å². The van der Waals surface area contributed by atoms with E-state index in [4.69, 9.17) is 57.7 Å². The summed E-state index contributed by atoms with van der Waals surface area (Å²) in [6.07, 6.45) is 0. The number of hydrogen-bond acceptors (Lipinski definition) is 12. The van der Waals surface area contributed by atoms with Crippen LogP contribution in [-0.4, -0.2) is 5.48 Å². The Kier molecular flexibility index (Phi) is 52.9. The average molecular weight is 526 g/mol. The van der Waals surface area contributed by atoms with Gasteiger partial charge in [-0.2, -0.15) is 23.5 Å². The molecule has 0 aromatic carbocycles. The summed E-state index contributed by atoms with van der Waals surface area (Å²) in [5.41, 5.74) is 0. The molecular weight excluding hydrogens is 524 g/mol. The second-order valence-electron chi connectivity index (χ2n) is 1.34. The molecule has 0 aliphatic heterocycles. The van der Waals surface area contributed by atoms with Crippen molar-refractivity contribution < 1.29 is 131 Å². The van der Waals surface area contributed by atoms with Crippen LogP contribution in [0.25, 0.3) is 0 Å². The number of rotatable bonds is 0. The van der Waals surface area contributed by atoms with Gasteiger partial charge in [-0.1, -0.05) is 0 Å². The van der Waals surface area contributed by atoms with Gasteiger partial charge in [0, 0.05) is 0 Å². The first-order valence-corrected chi connectivity index (χ1v) is 6.57. The summed E-state index contributed by atoms with van der Waals surface area (Å²) in [4.78, 5) is 76.9. The molecule has 0 aliphatic carbocycles. The SMILES string of the molecule is O.O=P([O-])([O-])[O-].O=P([O-])([O-])[O-].O=P([O-])([O-])[O-].[Fe+2].[Fe+2].[Fe+2].[Fe+3]. The molecule has 2 N–H and O–H groups in total. The maximum absolute atomic E-state index is 8.55. The van der Waals surface area contributed by atoms with Crippen molar-refractivity contribution in [2.45, 2.75) is 0 Å². The Morgan fingerprint density at radius 3 is 0.450 bits per heavy atom. The smallest absolute Gasteiger partial charge is 0.822 e. The minimum atomic E-state index is -5.39. The second kappa shape index (κ2) is 21.4. The molecule has 0 rings (SSSR count). The topological polar surface area (TPSA) is 290 Å². The van der Waals surface area contributed by atoms with Crippen molar-refractivity contribution in [3.8, 4) is 0 Å². The molecule has 0 bridgehead atoms. The van der Waals surface area contributed by atoms with Gasteiger partial charge in [0.1, 0.15) is 0 Å². The van der Waals surface area contributed by atoms with Crippen molar-refractivity contribution in [3.05, 3.63) is 0 Å². The van der Waals surface area contributed by atoms with Gasteiger partial charge in [0.05, 0.1) is 0 Å². The molecule has 0 fully saturated rings. The third-order valence-electron chi connectivity index (χ3n) is 0. The van der Waals surface area contributed by atoms with Gasteiger partial charge in [-0.25, -0.2) is 0 Å². The molecule has 0 heterocycles. The molecule has 0 saturated heterocycles. The summed E-state index contributed by atoms with van der Waals surface area (Å²) < 4.78 is 25.6. The molecule has 0 atom stereocenters. The summed E-state index contributed by atoms with van der Waals surface area (Å²) in [6.45, 7) is 0. The molecule has 0 saturated carbocycles. The third kappa shape index (κ3) is 1360. The van der Waals surface area contributed by atoms with Gasteiger partial charge in [0.15, 0.2) is 0 Å². The van der Waals surface area contributed by atoms with Crippen LogP contribution in [0.1, 0.15) is 0 Å². The normalized spacial score (nSPS) is 8.85. The largest absolute Gasteiger partial charge is 3.00 e. The zero-order chi connectivity index (χ0) is 13.5. The van der Waals surface area contributed by atoms with E-state index in [1.807, 2.05) is 0 Å². The van der Waals surface area contributed by atoms with Gasteiger partial charge < -0.3 is 63.2 Å². The van der Waals surface area contributed by atoms with Crippen LogP contribution < -0.4 is 44.0 Å². The molecule has 0 aromatic heterocycles. The van der Waals surface area contributed by atoms with Crippen LogP contribution in [0.2, 0.25) is 0 Å². The monoisotopic (exact) mass is 527 g/mol. The fourth-order valence-corrected chi connectivity index (χ4v) is 0. The van der Waals surface area contributed by atoms with Crippen molar-refractivity contribution in [2.75, 3.05) is 0 Å². The molecule has 0 aromatic rings. The van der Waals surface area contributed by atoms with E-state index < -0.39 is 23.5 Å². The van der Waals surface area contributed by atoms with Crippen molar-refractivity contribution in [1.82, 2.24) is 0 Å². The minimum absolute atomic E-state index is 0. The van der Waals surface area contributed by atoms with E-state index in [1.54, 1.807) is 0 Å². The van der Waals surface area contributed by atoms with Crippen LogP contribution >= 0.6 is 23.5 Å². The molecule has 0 aliphatic rings. The van der Waals surface area contributed by atoms with E-state index in [9.17, 15) is 0 Å². The predicted octanol–water partition coefficient (Wildman–Crippen LogP) is -9.31. The van der Waals surface area contributed by atoms with E-state index in [2.05, 4.69) is 0 Å². The Morgan fingerprint density at radius 2 is 0.450 bits per heavy atom. The summed E-state index contributed by atoms with van der Waals surface area (Å²) in [5, 5.41) is 0. The molecule has 1 radical (unpaired) electrons. The molecule has 20 heavy (non-hydrogen) atoms. The van der Waals surface area contributed by atoms with Gasteiger partial charge in [-0.15, -0.1) is 0 Å². The zero-order valence-electron chi connectivity index (χ0n) is 8.15. The second-order valence-corrected chi connectivity index (χ2v) is 4.02. The zero-order valence-corrected chi connectivity index (χ0v) is 15.3. The molecule has 127 valence electrons. The van der Waals surface area contributed by atoms with Gasteiger partial charge >= 0.3 is 68.3 Å². The standard InChI is InChI=1S/4Fe.3H3O4P.H2O/c;;;;3*1-5(2,3)4;/h;;;;3*(H3,1,2,3,4);1H2/q3*+2;+3;;;;/p-9. The van der Waals surface area contributed by atoms with E-state index in [0.29, 0.717) is 0 Å². The fourth-order valence-electron chi connectivity index (χ4n) is 0. The van der Waals surface area contributed by atoms with Gasteiger partial charge in [-0.3, -0.25) is 0 Å². The van der Waals surface area contributed by atoms with Crippen molar-refractivity contribution in [1.29, 1.82) is 0 Å². The minimum Gasteiger partial charge on any atom is -0.822 e. The van der Waals surface area contributed by atoms with Crippen LogP contribution in [0.4, 0.5) is 0 Å².